The number of methoxy groups -OCH3 is 1. The van der Waals surface area contributed by atoms with Crippen LogP contribution in [0.1, 0.15) is 47.6 Å². The fourth-order valence-electron chi connectivity index (χ4n) is 3.97. The lowest BCUT2D eigenvalue weighted by molar-refractivity contribution is 0.409. The first-order valence-electron chi connectivity index (χ1n) is 10.4. The van der Waals surface area contributed by atoms with Gasteiger partial charge in [-0.3, -0.25) is 0 Å². The number of benzene rings is 3. The van der Waals surface area contributed by atoms with Crippen molar-refractivity contribution in [2.75, 3.05) is 30.8 Å². The molecule has 3 nitrogen and oxygen atoms in total. The second-order valence-corrected chi connectivity index (χ2v) is 7.38. The molecule has 152 valence electrons. The Hall–Kier alpha value is -2.94. The summed E-state index contributed by atoms with van der Waals surface area (Å²) in [5.41, 5.74) is 8.60. The molecule has 0 aliphatic rings. The van der Waals surface area contributed by atoms with Crippen LogP contribution in [0.3, 0.4) is 0 Å². The zero-order chi connectivity index (χ0) is 20.8. The number of nitrogens with one attached hydrogen (secondary N) is 2. The minimum atomic E-state index is 0.106. The van der Waals surface area contributed by atoms with E-state index in [1.165, 1.54) is 39.2 Å². The van der Waals surface area contributed by atoms with E-state index in [1.54, 1.807) is 7.11 Å². The minimum Gasteiger partial charge on any atom is -0.496 e. The van der Waals surface area contributed by atoms with Gasteiger partial charge in [0.05, 0.1) is 7.11 Å². The number of aryl methyl sites for hydroxylation is 2. The summed E-state index contributed by atoms with van der Waals surface area (Å²) in [6.45, 7) is 10.4. The lowest BCUT2D eigenvalue weighted by Crippen LogP contribution is -2.08. The smallest absolute Gasteiger partial charge is 0.123 e. The van der Waals surface area contributed by atoms with Crippen LogP contribution in [0.4, 0.5) is 11.4 Å². The van der Waals surface area contributed by atoms with Gasteiger partial charge in [-0.05, 0) is 68.1 Å². The molecule has 3 aromatic rings. The summed E-state index contributed by atoms with van der Waals surface area (Å²) < 4.78 is 5.73. The van der Waals surface area contributed by atoms with Gasteiger partial charge in [0.25, 0.3) is 0 Å². The molecule has 0 fully saturated rings. The normalized spacial score (nSPS) is 10.8. The Kier molecular flexibility index (Phi) is 6.82. The molecule has 0 saturated heterocycles. The lowest BCUT2D eigenvalue weighted by atomic mass is 9.83. The average molecular weight is 389 g/mol. The maximum atomic E-state index is 5.73. The summed E-state index contributed by atoms with van der Waals surface area (Å²) in [4.78, 5) is 0. The van der Waals surface area contributed by atoms with Crippen LogP contribution in [-0.4, -0.2) is 20.2 Å². The van der Waals surface area contributed by atoms with Crippen molar-refractivity contribution in [1.29, 1.82) is 0 Å². The van der Waals surface area contributed by atoms with E-state index in [4.69, 9.17) is 4.74 Å². The molecule has 3 aromatic carbocycles. The van der Waals surface area contributed by atoms with Gasteiger partial charge < -0.3 is 15.4 Å². The summed E-state index contributed by atoms with van der Waals surface area (Å²) in [6.07, 6.45) is 0. The zero-order valence-electron chi connectivity index (χ0n) is 18.2. The second kappa shape index (κ2) is 9.51. The monoisotopic (exact) mass is 388 g/mol. The largest absolute Gasteiger partial charge is 0.496 e. The van der Waals surface area contributed by atoms with Crippen LogP contribution in [0, 0.1) is 13.8 Å². The van der Waals surface area contributed by atoms with Gasteiger partial charge in [0.2, 0.25) is 0 Å². The third-order valence-electron chi connectivity index (χ3n) is 5.35. The number of ether oxygens (including phenoxy) is 1. The zero-order valence-corrected chi connectivity index (χ0v) is 18.2. The molecule has 0 heterocycles. The number of anilines is 2. The van der Waals surface area contributed by atoms with E-state index in [-0.39, 0.29) is 5.92 Å². The third-order valence-corrected chi connectivity index (χ3v) is 5.35. The Bertz CT molecular complexity index is 909. The molecular formula is C26H32N2O. The molecule has 0 amide bonds. The predicted octanol–water partition coefficient (Wildman–Crippen LogP) is 6.36. The molecule has 0 aliphatic heterocycles. The van der Waals surface area contributed by atoms with Crippen molar-refractivity contribution in [1.82, 2.24) is 0 Å². The van der Waals surface area contributed by atoms with E-state index in [0.29, 0.717) is 0 Å². The van der Waals surface area contributed by atoms with Gasteiger partial charge in [0.15, 0.2) is 0 Å². The Morgan fingerprint density at radius 2 is 1.28 bits per heavy atom. The maximum Gasteiger partial charge on any atom is 0.123 e. The molecule has 0 atom stereocenters. The molecule has 2 N–H and O–H groups in total. The van der Waals surface area contributed by atoms with Gasteiger partial charge in [0.1, 0.15) is 5.75 Å². The van der Waals surface area contributed by atoms with Gasteiger partial charge in [-0.25, -0.2) is 0 Å². The first kappa shape index (κ1) is 20.8. The molecule has 0 aromatic heterocycles. The number of rotatable bonds is 8. The molecular weight excluding hydrogens is 356 g/mol. The average Bonchev–Trinajstić information content (AvgIpc) is 2.73. The molecule has 3 heteroatoms. The van der Waals surface area contributed by atoms with Crippen LogP contribution >= 0.6 is 0 Å². The minimum absolute atomic E-state index is 0.106. The number of hydrogen-bond donors (Lipinski definition) is 2. The summed E-state index contributed by atoms with van der Waals surface area (Å²) in [6, 6.07) is 21.8. The highest BCUT2D eigenvalue weighted by atomic mass is 16.5. The van der Waals surface area contributed by atoms with Crippen LogP contribution < -0.4 is 15.4 Å². The summed E-state index contributed by atoms with van der Waals surface area (Å²) >= 11 is 0. The van der Waals surface area contributed by atoms with E-state index in [0.717, 1.165) is 18.8 Å². The molecule has 3 rings (SSSR count). The van der Waals surface area contributed by atoms with Crippen molar-refractivity contribution in [3.8, 4) is 5.75 Å². The van der Waals surface area contributed by atoms with Crippen molar-refractivity contribution in [2.45, 2.75) is 33.6 Å². The van der Waals surface area contributed by atoms with E-state index >= 15 is 0 Å². The van der Waals surface area contributed by atoms with Crippen LogP contribution in [0.5, 0.6) is 5.75 Å². The van der Waals surface area contributed by atoms with E-state index in [9.17, 15) is 0 Å². The van der Waals surface area contributed by atoms with E-state index < -0.39 is 0 Å². The van der Waals surface area contributed by atoms with Crippen molar-refractivity contribution in [2.24, 2.45) is 0 Å². The first-order chi connectivity index (χ1) is 14.1. The van der Waals surface area contributed by atoms with Crippen LogP contribution in [0.25, 0.3) is 0 Å². The SMILES string of the molecule is CCNc1ccc(C(c2ccc(NCC)c(C)c2)c2ccccc2OC)cc1C. The van der Waals surface area contributed by atoms with Crippen LogP contribution in [0.2, 0.25) is 0 Å². The number of hydrogen-bond acceptors (Lipinski definition) is 3. The Labute approximate surface area is 175 Å². The van der Waals surface area contributed by atoms with Crippen LogP contribution in [0.15, 0.2) is 60.7 Å². The first-order valence-corrected chi connectivity index (χ1v) is 10.4. The topological polar surface area (TPSA) is 33.3 Å². The van der Waals surface area contributed by atoms with Gasteiger partial charge in [-0.2, -0.15) is 0 Å². The summed E-state index contributed by atoms with van der Waals surface area (Å²) in [5.74, 6) is 1.02. The third kappa shape index (κ3) is 4.56. The van der Waals surface area contributed by atoms with Crippen molar-refractivity contribution < 1.29 is 4.74 Å². The highest BCUT2D eigenvalue weighted by Crippen LogP contribution is 2.39. The lowest BCUT2D eigenvalue weighted by Gasteiger charge is -2.23. The van der Waals surface area contributed by atoms with Crippen molar-refractivity contribution in [3.05, 3.63) is 88.5 Å². The second-order valence-electron chi connectivity index (χ2n) is 7.38. The predicted molar refractivity (Wildman–Crippen MR) is 125 cm³/mol. The molecule has 0 saturated carbocycles. The van der Waals surface area contributed by atoms with Crippen molar-refractivity contribution >= 4 is 11.4 Å². The fourth-order valence-corrected chi connectivity index (χ4v) is 3.97. The quantitative estimate of drug-likeness (QED) is 0.441. The Morgan fingerprint density at radius 1 is 0.759 bits per heavy atom. The molecule has 0 bridgehead atoms. The Balaban J connectivity index is 2.15. The van der Waals surface area contributed by atoms with E-state index in [2.05, 4.69) is 86.9 Å². The van der Waals surface area contributed by atoms with Gasteiger partial charge in [-0.1, -0.05) is 42.5 Å². The fraction of sp³-hybridized carbons (Fsp3) is 0.308. The molecule has 0 unspecified atom stereocenters. The molecule has 0 radical (unpaired) electrons. The van der Waals surface area contributed by atoms with Gasteiger partial charge >= 0.3 is 0 Å². The molecule has 0 spiro atoms. The maximum absolute atomic E-state index is 5.73. The van der Waals surface area contributed by atoms with Gasteiger partial charge in [0, 0.05) is 35.9 Å². The highest BCUT2D eigenvalue weighted by molar-refractivity contribution is 5.59. The van der Waals surface area contributed by atoms with Gasteiger partial charge in [-0.15, -0.1) is 0 Å². The molecule has 0 aliphatic carbocycles. The highest BCUT2D eigenvalue weighted by Gasteiger charge is 2.21. The summed E-state index contributed by atoms with van der Waals surface area (Å²) in [5, 5.41) is 6.88. The van der Waals surface area contributed by atoms with Crippen LogP contribution in [-0.2, 0) is 0 Å². The van der Waals surface area contributed by atoms with Crippen molar-refractivity contribution in [3.63, 3.8) is 0 Å². The summed E-state index contributed by atoms with van der Waals surface area (Å²) in [7, 11) is 1.74. The van der Waals surface area contributed by atoms with E-state index in [1.807, 2.05) is 12.1 Å². The Morgan fingerprint density at radius 3 is 1.72 bits per heavy atom. The molecule has 29 heavy (non-hydrogen) atoms. The standard InChI is InChI=1S/C26H32N2O/c1-6-27-23-14-12-20(16-18(23)3)26(22-10-8-9-11-25(22)29-5)21-13-15-24(28-7-2)19(4)17-21/h8-17,26-28H,6-7H2,1-5H3. The number of para-hydroxylation sites is 1.